The molecule has 0 fully saturated rings. The van der Waals surface area contributed by atoms with Crippen LogP contribution in [-0.2, 0) is 32.4 Å². The van der Waals surface area contributed by atoms with Crippen LogP contribution in [0, 0.1) is 0 Å². The van der Waals surface area contributed by atoms with Crippen LogP contribution in [0.25, 0.3) is 0 Å². The molecular formula is C23H30N2O7S. The molecule has 0 aliphatic heterocycles. The van der Waals surface area contributed by atoms with Crippen LogP contribution in [0.2, 0.25) is 0 Å². The molecular weight excluding hydrogens is 448 g/mol. The third-order valence-corrected chi connectivity index (χ3v) is 5.76. The van der Waals surface area contributed by atoms with Gasteiger partial charge in [-0.05, 0) is 30.0 Å². The van der Waals surface area contributed by atoms with Gasteiger partial charge in [0, 0.05) is 18.9 Å². The number of nitrogens with one attached hydrogen (secondary N) is 2. The summed E-state index contributed by atoms with van der Waals surface area (Å²) >= 11 is 0. The van der Waals surface area contributed by atoms with Crippen LogP contribution in [-0.4, -0.2) is 59.2 Å². The van der Waals surface area contributed by atoms with Crippen LogP contribution < -0.4 is 20.1 Å². The number of ether oxygens (including phenoxy) is 3. The third-order valence-electron chi connectivity index (χ3n) is 4.79. The molecule has 0 spiro atoms. The average Bonchev–Trinajstić information content (AvgIpc) is 2.80. The van der Waals surface area contributed by atoms with Crippen LogP contribution >= 0.6 is 0 Å². The predicted molar refractivity (Wildman–Crippen MR) is 124 cm³/mol. The molecule has 33 heavy (non-hydrogen) atoms. The summed E-state index contributed by atoms with van der Waals surface area (Å²) in [6, 6.07) is 13.4. The Bertz CT molecular complexity index is 1030. The number of carbonyl (C=O) groups is 2. The smallest absolute Gasteiger partial charge is 0.408 e. The van der Waals surface area contributed by atoms with E-state index >= 15 is 0 Å². The molecule has 0 aliphatic rings. The predicted octanol–water partition coefficient (Wildman–Crippen LogP) is 2.09. The van der Waals surface area contributed by atoms with E-state index in [9.17, 15) is 18.0 Å². The largest absolute Gasteiger partial charge is 0.497 e. The number of alkyl carbamates (subject to hydrolysis) is 1. The number of hydrogen-bond donors (Lipinski definition) is 2. The lowest BCUT2D eigenvalue weighted by Gasteiger charge is -2.18. The minimum atomic E-state index is -3.32. The van der Waals surface area contributed by atoms with E-state index in [1.165, 1.54) is 0 Å². The average molecular weight is 479 g/mol. The van der Waals surface area contributed by atoms with Crippen LogP contribution in [0.3, 0.4) is 0 Å². The summed E-state index contributed by atoms with van der Waals surface area (Å²) < 4.78 is 38.8. The Morgan fingerprint density at radius 3 is 2.39 bits per heavy atom. The van der Waals surface area contributed by atoms with Gasteiger partial charge in [0.15, 0.2) is 0 Å². The number of hydrogen-bond acceptors (Lipinski definition) is 7. The van der Waals surface area contributed by atoms with Gasteiger partial charge in [-0.3, -0.25) is 4.79 Å². The van der Waals surface area contributed by atoms with Crippen molar-refractivity contribution < 1.29 is 32.2 Å². The molecule has 0 heterocycles. The van der Waals surface area contributed by atoms with Crippen molar-refractivity contribution in [1.29, 1.82) is 0 Å². The van der Waals surface area contributed by atoms with Crippen molar-refractivity contribution in [2.45, 2.75) is 25.5 Å². The Balaban J connectivity index is 1.94. The van der Waals surface area contributed by atoms with Gasteiger partial charge < -0.3 is 24.8 Å². The lowest BCUT2D eigenvalue weighted by molar-refractivity contribution is -0.123. The van der Waals surface area contributed by atoms with Crippen LogP contribution in [0.5, 0.6) is 11.5 Å². The molecule has 2 aromatic rings. The SMILES string of the molecule is COc1ccc(CCNC(=O)C(CCS(C)(=O)=O)NC(=O)OCc2ccccc2)c(OC)c1. The number of methoxy groups -OCH3 is 2. The maximum Gasteiger partial charge on any atom is 0.408 e. The fourth-order valence-corrected chi connectivity index (χ4v) is 3.67. The zero-order valence-corrected chi connectivity index (χ0v) is 19.8. The molecule has 9 nitrogen and oxygen atoms in total. The molecule has 2 amide bonds. The van der Waals surface area contributed by atoms with Crippen molar-refractivity contribution in [3.63, 3.8) is 0 Å². The van der Waals surface area contributed by atoms with Gasteiger partial charge in [0.25, 0.3) is 0 Å². The molecule has 1 unspecified atom stereocenters. The topological polar surface area (TPSA) is 120 Å². The van der Waals surface area contributed by atoms with Gasteiger partial charge in [0.05, 0.1) is 20.0 Å². The summed E-state index contributed by atoms with van der Waals surface area (Å²) in [6.45, 7) is 0.294. The van der Waals surface area contributed by atoms with Crippen molar-refractivity contribution in [3.05, 3.63) is 59.7 Å². The van der Waals surface area contributed by atoms with E-state index in [1.54, 1.807) is 38.5 Å². The van der Waals surface area contributed by atoms with Gasteiger partial charge >= 0.3 is 6.09 Å². The van der Waals surface area contributed by atoms with Crippen molar-refractivity contribution in [3.8, 4) is 11.5 Å². The van der Waals surface area contributed by atoms with Crippen molar-refractivity contribution in [2.24, 2.45) is 0 Å². The minimum absolute atomic E-state index is 0.0321. The zero-order chi connectivity index (χ0) is 24.3. The molecule has 0 saturated carbocycles. The Labute approximate surface area is 194 Å². The van der Waals surface area contributed by atoms with Gasteiger partial charge in [-0.1, -0.05) is 36.4 Å². The van der Waals surface area contributed by atoms with E-state index in [1.807, 2.05) is 24.3 Å². The summed E-state index contributed by atoms with van der Waals surface area (Å²) in [7, 11) is -0.220. The summed E-state index contributed by atoms with van der Waals surface area (Å²) in [5.41, 5.74) is 1.65. The summed E-state index contributed by atoms with van der Waals surface area (Å²) in [5, 5.41) is 5.20. The second kappa shape index (κ2) is 12.7. The molecule has 0 radical (unpaired) electrons. The van der Waals surface area contributed by atoms with Gasteiger partial charge in [-0.15, -0.1) is 0 Å². The number of rotatable bonds is 12. The molecule has 0 aliphatic carbocycles. The number of carbonyl (C=O) groups excluding carboxylic acids is 2. The molecule has 2 rings (SSSR count). The van der Waals surface area contributed by atoms with Gasteiger partial charge in [-0.2, -0.15) is 0 Å². The van der Waals surface area contributed by atoms with Crippen LogP contribution in [0.1, 0.15) is 17.5 Å². The van der Waals surface area contributed by atoms with E-state index < -0.39 is 27.9 Å². The lowest BCUT2D eigenvalue weighted by Crippen LogP contribution is -2.48. The molecule has 10 heteroatoms. The molecule has 0 aromatic heterocycles. The number of amides is 2. The second-order valence-corrected chi connectivity index (χ2v) is 9.66. The third kappa shape index (κ3) is 9.40. The Morgan fingerprint density at radius 2 is 1.76 bits per heavy atom. The highest BCUT2D eigenvalue weighted by Gasteiger charge is 2.23. The van der Waals surface area contributed by atoms with E-state index in [0.29, 0.717) is 17.9 Å². The highest BCUT2D eigenvalue weighted by molar-refractivity contribution is 7.90. The first-order valence-electron chi connectivity index (χ1n) is 10.4. The quantitative estimate of drug-likeness (QED) is 0.479. The normalized spacial score (nSPS) is 11.8. The van der Waals surface area contributed by atoms with Crippen LogP contribution in [0.4, 0.5) is 4.79 Å². The van der Waals surface area contributed by atoms with Crippen molar-refractivity contribution in [2.75, 3.05) is 32.8 Å². The molecule has 0 bridgehead atoms. The Hall–Kier alpha value is -3.27. The monoisotopic (exact) mass is 478 g/mol. The molecule has 2 N–H and O–H groups in total. The standard InChI is InChI=1S/C23H30N2O7S/c1-30-19-10-9-18(21(15-19)31-2)11-13-24-22(26)20(12-14-33(3,28)29)25-23(27)32-16-17-7-5-4-6-8-17/h4-10,15,20H,11-14,16H2,1-3H3,(H,24,26)(H,25,27). The first-order chi connectivity index (χ1) is 15.7. The van der Waals surface area contributed by atoms with Crippen molar-refractivity contribution in [1.82, 2.24) is 10.6 Å². The van der Waals surface area contributed by atoms with E-state index in [4.69, 9.17) is 14.2 Å². The van der Waals surface area contributed by atoms with E-state index in [2.05, 4.69) is 10.6 Å². The summed E-state index contributed by atoms with van der Waals surface area (Å²) in [5.74, 6) is 0.525. The van der Waals surface area contributed by atoms with E-state index in [0.717, 1.165) is 17.4 Å². The number of sulfone groups is 1. The Morgan fingerprint density at radius 1 is 1.03 bits per heavy atom. The summed E-state index contributed by atoms with van der Waals surface area (Å²) in [6.07, 6.45) is 0.669. The van der Waals surface area contributed by atoms with Crippen LogP contribution in [0.15, 0.2) is 48.5 Å². The van der Waals surface area contributed by atoms with Gasteiger partial charge in [0.2, 0.25) is 5.91 Å². The first kappa shape index (κ1) is 26.0. The van der Waals surface area contributed by atoms with Crippen molar-refractivity contribution >= 4 is 21.8 Å². The highest BCUT2D eigenvalue weighted by atomic mass is 32.2. The highest BCUT2D eigenvalue weighted by Crippen LogP contribution is 2.24. The molecule has 1 atom stereocenters. The molecule has 180 valence electrons. The lowest BCUT2D eigenvalue weighted by atomic mass is 10.1. The van der Waals surface area contributed by atoms with Gasteiger partial charge in [0.1, 0.15) is 34.0 Å². The maximum atomic E-state index is 12.7. The van der Waals surface area contributed by atoms with E-state index in [-0.39, 0.29) is 25.3 Å². The maximum absolute atomic E-state index is 12.7. The minimum Gasteiger partial charge on any atom is -0.497 e. The zero-order valence-electron chi connectivity index (χ0n) is 19.0. The molecule has 0 saturated heterocycles. The second-order valence-electron chi connectivity index (χ2n) is 7.40. The summed E-state index contributed by atoms with van der Waals surface area (Å²) in [4.78, 5) is 24.9. The van der Waals surface area contributed by atoms with Gasteiger partial charge in [-0.25, -0.2) is 13.2 Å². The first-order valence-corrected chi connectivity index (χ1v) is 12.4. The number of benzene rings is 2. The fourth-order valence-electron chi connectivity index (χ4n) is 3.01. The Kier molecular flexibility index (Phi) is 9.99. The molecule has 2 aromatic carbocycles. The fraction of sp³-hybridized carbons (Fsp3) is 0.391.